The maximum Gasteiger partial charge on any atom is 0.254 e. The number of imidazole rings is 1. The van der Waals surface area contributed by atoms with Gasteiger partial charge in [0, 0.05) is 30.2 Å². The minimum atomic E-state index is -0.415. The summed E-state index contributed by atoms with van der Waals surface area (Å²) in [6.07, 6.45) is 6.10. The lowest BCUT2D eigenvalue weighted by Gasteiger charge is -2.35. The van der Waals surface area contributed by atoms with E-state index in [-0.39, 0.29) is 11.9 Å². The van der Waals surface area contributed by atoms with Crippen molar-refractivity contribution in [3.8, 4) is 11.5 Å². The van der Waals surface area contributed by atoms with Gasteiger partial charge in [0.15, 0.2) is 11.6 Å². The Morgan fingerprint density at radius 3 is 2.93 bits per heavy atom. The van der Waals surface area contributed by atoms with Crippen LogP contribution in [0.2, 0.25) is 0 Å². The Balaban J connectivity index is 1.70. The van der Waals surface area contributed by atoms with Crippen LogP contribution in [-0.2, 0) is 0 Å². The summed E-state index contributed by atoms with van der Waals surface area (Å²) in [5.41, 5.74) is 1.86. The van der Waals surface area contributed by atoms with Gasteiger partial charge >= 0.3 is 0 Å². The normalized spacial score (nSPS) is 17.1. The number of rotatable bonds is 3. The van der Waals surface area contributed by atoms with Gasteiger partial charge in [-0.05, 0) is 50.5 Å². The van der Waals surface area contributed by atoms with Crippen molar-refractivity contribution >= 4 is 5.91 Å². The van der Waals surface area contributed by atoms with Crippen molar-refractivity contribution in [1.29, 1.82) is 0 Å². The third kappa shape index (κ3) is 3.58. The number of carbonyl (C=O) groups is 1. The lowest BCUT2D eigenvalue weighted by molar-refractivity contribution is 0.0599. The van der Waals surface area contributed by atoms with Gasteiger partial charge in [-0.25, -0.2) is 19.3 Å². The monoisotopic (exact) mass is 365 g/mol. The van der Waals surface area contributed by atoms with Crippen LogP contribution < -0.4 is 0 Å². The van der Waals surface area contributed by atoms with E-state index >= 15 is 0 Å². The third-order valence-corrected chi connectivity index (χ3v) is 4.75. The number of nitrogens with one attached hydrogen (secondary N) is 1. The summed E-state index contributed by atoms with van der Waals surface area (Å²) in [4.78, 5) is 31.4. The Labute approximate surface area is 156 Å². The molecule has 27 heavy (non-hydrogen) atoms. The average molecular weight is 365 g/mol. The lowest BCUT2D eigenvalue weighted by Crippen LogP contribution is -2.39. The molecule has 1 aliphatic heterocycles. The van der Waals surface area contributed by atoms with Crippen molar-refractivity contribution < 1.29 is 9.18 Å². The van der Waals surface area contributed by atoms with E-state index in [1.807, 2.05) is 13.0 Å². The van der Waals surface area contributed by atoms with E-state index in [0.717, 1.165) is 25.0 Å². The molecule has 0 saturated carbocycles. The first kappa shape index (κ1) is 17.3. The molecule has 0 spiro atoms. The molecule has 7 heteroatoms. The highest BCUT2D eigenvalue weighted by Gasteiger charge is 2.31. The second kappa shape index (κ2) is 7.26. The van der Waals surface area contributed by atoms with Gasteiger partial charge in [-0.3, -0.25) is 4.79 Å². The van der Waals surface area contributed by atoms with E-state index in [9.17, 15) is 9.18 Å². The second-order valence-electron chi connectivity index (χ2n) is 6.71. The predicted octanol–water partition coefficient (Wildman–Crippen LogP) is 3.68. The van der Waals surface area contributed by atoms with Gasteiger partial charge in [-0.2, -0.15) is 0 Å². The minimum absolute atomic E-state index is 0.191. The van der Waals surface area contributed by atoms with Crippen LogP contribution in [0.4, 0.5) is 4.39 Å². The molecule has 0 bridgehead atoms. The molecule has 3 aromatic rings. The fourth-order valence-corrected chi connectivity index (χ4v) is 3.50. The number of hydrogen-bond acceptors (Lipinski definition) is 4. The highest BCUT2D eigenvalue weighted by Crippen LogP contribution is 2.31. The van der Waals surface area contributed by atoms with Crippen molar-refractivity contribution in [1.82, 2.24) is 24.8 Å². The number of aromatic amines is 1. The van der Waals surface area contributed by atoms with Crippen LogP contribution in [0.1, 0.15) is 47.2 Å². The van der Waals surface area contributed by atoms with Gasteiger partial charge in [0.2, 0.25) is 0 Å². The lowest BCUT2D eigenvalue weighted by atomic mass is 9.99. The molecule has 1 saturated heterocycles. The summed E-state index contributed by atoms with van der Waals surface area (Å²) >= 11 is 0. The summed E-state index contributed by atoms with van der Waals surface area (Å²) in [5, 5.41) is 0. The van der Waals surface area contributed by atoms with E-state index in [1.54, 1.807) is 29.4 Å². The van der Waals surface area contributed by atoms with Crippen LogP contribution in [0, 0.1) is 12.7 Å². The number of aromatic nitrogens is 4. The Kier molecular flexibility index (Phi) is 4.66. The van der Waals surface area contributed by atoms with Gasteiger partial charge in [0.25, 0.3) is 5.91 Å². The first-order chi connectivity index (χ1) is 13.1. The number of piperidine rings is 1. The number of carbonyl (C=O) groups excluding carboxylic acids is 1. The smallest absolute Gasteiger partial charge is 0.254 e. The maximum absolute atomic E-state index is 13.6. The number of likely N-dealkylation sites (tertiary alicyclic amines) is 1. The first-order valence-electron chi connectivity index (χ1n) is 9.04. The summed E-state index contributed by atoms with van der Waals surface area (Å²) in [5.74, 6) is 0.664. The molecule has 0 aliphatic carbocycles. The molecule has 1 aliphatic rings. The van der Waals surface area contributed by atoms with Crippen LogP contribution >= 0.6 is 0 Å². The average Bonchev–Trinajstić information content (AvgIpc) is 3.22. The van der Waals surface area contributed by atoms with Crippen LogP contribution in [-0.4, -0.2) is 37.3 Å². The maximum atomic E-state index is 13.6. The van der Waals surface area contributed by atoms with E-state index in [1.165, 1.54) is 12.1 Å². The molecule has 1 N–H and O–H groups in total. The van der Waals surface area contributed by atoms with Gasteiger partial charge in [-0.1, -0.05) is 6.07 Å². The van der Waals surface area contributed by atoms with Crippen molar-refractivity contribution in [2.24, 2.45) is 0 Å². The molecule has 138 valence electrons. The Hall–Kier alpha value is -3.09. The standard InChI is InChI=1S/C20H20FN5O/c1-13-11-16(18-22-8-9-23-18)25-19(24-13)17-7-2-3-10-26(17)20(27)14-5-4-6-15(21)12-14/h4-6,8-9,11-12,17H,2-3,7,10H2,1H3,(H,22,23)/t17-/m0/s1. The molecule has 1 aromatic carbocycles. The highest BCUT2D eigenvalue weighted by molar-refractivity contribution is 5.94. The number of benzene rings is 1. The van der Waals surface area contributed by atoms with E-state index < -0.39 is 5.82 Å². The summed E-state index contributed by atoms with van der Waals surface area (Å²) < 4.78 is 13.6. The molecule has 0 unspecified atom stereocenters. The molecule has 6 nitrogen and oxygen atoms in total. The third-order valence-electron chi connectivity index (χ3n) is 4.75. The zero-order valence-electron chi connectivity index (χ0n) is 15.0. The van der Waals surface area contributed by atoms with E-state index in [0.29, 0.717) is 29.5 Å². The highest BCUT2D eigenvalue weighted by atomic mass is 19.1. The summed E-state index contributed by atoms with van der Waals surface area (Å²) in [7, 11) is 0. The Morgan fingerprint density at radius 2 is 2.15 bits per heavy atom. The molecule has 3 heterocycles. The molecule has 0 radical (unpaired) electrons. The zero-order valence-corrected chi connectivity index (χ0v) is 15.0. The number of halogens is 1. The van der Waals surface area contributed by atoms with Gasteiger partial charge < -0.3 is 9.88 Å². The van der Waals surface area contributed by atoms with Crippen LogP contribution in [0.25, 0.3) is 11.5 Å². The topological polar surface area (TPSA) is 74.8 Å². The molecule has 1 atom stereocenters. The molecule has 2 aromatic heterocycles. The van der Waals surface area contributed by atoms with E-state index in [2.05, 4.69) is 19.9 Å². The van der Waals surface area contributed by atoms with Crippen molar-refractivity contribution in [3.05, 3.63) is 65.6 Å². The second-order valence-corrected chi connectivity index (χ2v) is 6.71. The first-order valence-corrected chi connectivity index (χ1v) is 9.04. The Bertz CT molecular complexity index is 957. The van der Waals surface area contributed by atoms with Crippen LogP contribution in [0.3, 0.4) is 0 Å². The van der Waals surface area contributed by atoms with Crippen LogP contribution in [0.15, 0.2) is 42.7 Å². The van der Waals surface area contributed by atoms with Gasteiger partial charge in [0.1, 0.15) is 11.5 Å². The van der Waals surface area contributed by atoms with Crippen molar-refractivity contribution in [3.63, 3.8) is 0 Å². The van der Waals surface area contributed by atoms with Crippen molar-refractivity contribution in [2.75, 3.05) is 6.54 Å². The zero-order chi connectivity index (χ0) is 18.8. The molecule has 1 fully saturated rings. The quantitative estimate of drug-likeness (QED) is 0.768. The molecular weight excluding hydrogens is 345 g/mol. The Morgan fingerprint density at radius 1 is 1.26 bits per heavy atom. The number of hydrogen-bond donors (Lipinski definition) is 1. The fourth-order valence-electron chi connectivity index (χ4n) is 3.50. The van der Waals surface area contributed by atoms with Gasteiger partial charge in [0.05, 0.1) is 6.04 Å². The SMILES string of the molecule is Cc1cc(-c2ncc[nH]2)nc([C@@H]2CCCCN2C(=O)c2cccc(F)c2)n1. The van der Waals surface area contributed by atoms with Crippen LogP contribution in [0.5, 0.6) is 0 Å². The molecule has 4 rings (SSSR count). The number of aryl methyl sites for hydroxylation is 1. The predicted molar refractivity (Wildman–Crippen MR) is 98.4 cm³/mol. The largest absolute Gasteiger partial charge is 0.343 e. The fraction of sp³-hybridized carbons (Fsp3) is 0.300. The van der Waals surface area contributed by atoms with Crippen molar-refractivity contribution in [2.45, 2.75) is 32.2 Å². The number of amides is 1. The minimum Gasteiger partial charge on any atom is -0.343 e. The number of H-pyrrole nitrogens is 1. The molecule has 1 amide bonds. The van der Waals surface area contributed by atoms with E-state index in [4.69, 9.17) is 0 Å². The number of nitrogens with zero attached hydrogens (tertiary/aromatic N) is 4. The summed E-state index contributed by atoms with van der Waals surface area (Å²) in [6, 6.07) is 7.44. The molecular formula is C20H20FN5O. The van der Waals surface area contributed by atoms with Gasteiger partial charge in [-0.15, -0.1) is 0 Å². The summed E-state index contributed by atoms with van der Waals surface area (Å²) in [6.45, 7) is 2.51.